The summed E-state index contributed by atoms with van der Waals surface area (Å²) in [6.45, 7) is 4.62. The summed E-state index contributed by atoms with van der Waals surface area (Å²) in [4.78, 5) is 11.8. The van der Waals surface area contributed by atoms with Crippen molar-refractivity contribution in [1.82, 2.24) is 4.31 Å². The van der Waals surface area contributed by atoms with Crippen molar-refractivity contribution in [2.45, 2.75) is 38.0 Å². The third kappa shape index (κ3) is 4.69. The highest BCUT2D eigenvalue weighted by atomic mass is 35.5. The number of anilines is 1. The van der Waals surface area contributed by atoms with Crippen LogP contribution in [0.4, 0.5) is 5.69 Å². The number of halogens is 1. The topological polar surface area (TPSA) is 92.5 Å². The van der Waals surface area contributed by atoms with Crippen molar-refractivity contribution in [3.05, 3.63) is 23.8 Å². The van der Waals surface area contributed by atoms with E-state index in [1.54, 1.807) is 25.2 Å². The lowest BCUT2D eigenvalue weighted by molar-refractivity contribution is -0.116. The molecule has 6 nitrogen and oxygen atoms in total. The largest absolute Gasteiger partial charge is 0.330 e. The molecule has 2 rings (SSSR count). The second kappa shape index (κ2) is 7.82. The Bertz CT molecular complexity index is 705. The molecule has 1 aliphatic rings. The van der Waals surface area contributed by atoms with Crippen molar-refractivity contribution in [2.24, 2.45) is 11.1 Å². The van der Waals surface area contributed by atoms with Crippen molar-refractivity contribution >= 4 is 34.0 Å². The Kier molecular flexibility index (Phi) is 6.81. The van der Waals surface area contributed by atoms with Gasteiger partial charge in [0.05, 0.1) is 4.90 Å². The van der Waals surface area contributed by atoms with E-state index < -0.39 is 10.0 Å². The average molecular weight is 376 g/mol. The van der Waals surface area contributed by atoms with Gasteiger partial charge in [-0.1, -0.05) is 13.8 Å². The minimum atomic E-state index is -3.58. The number of hydrogen-bond donors (Lipinski definition) is 2. The Hall–Kier alpha value is -1.15. The lowest BCUT2D eigenvalue weighted by Gasteiger charge is -2.28. The van der Waals surface area contributed by atoms with Crippen LogP contribution in [0.2, 0.25) is 0 Å². The smallest absolute Gasteiger partial charge is 0.242 e. The van der Waals surface area contributed by atoms with Crippen LogP contribution in [0.3, 0.4) is 0 Å². The number of nitrogens with two attached hydrogens (primary N) is 1. The molecule has 0 radical (unpaired) electrons. The molecule has 0 fully saturated rings. The van der Waals surface area contributed by atoms with E-state index in [1.165, 1.54) is 4.31 Å². The van der Waals surface area contributed by atoms with Crippen molar-refractivity contribution in [1.29, 1.82) is 0 Å². The van der Waals surface area contributed by atoms with E-state index in [0.717, 1.165) is 12.0 Å². The molecule has 0 saturated heterocycles. The highest BCUT2D eigenvalue weighted by Crippen LogP contribution is 2.27. The number of carbonyl (C=O) groups excluding carboxylic acids is 1. The van der Waals surface area contributed by atoms with Crippen LogP contribution in [-0.2, 0) is 21.2 Å². The lowest BCUT2D eigenvalue weighted by atomic mass is 9.94. The summed E-state index contributed by atoms with van der Waals surface area (Å²) in [6.07, 6.45) is 1.87. The molecule has 136 valence electrons. The van der Waals surface area contributed by atoms with E-state index in [-0.39, 0.29) is 28.6 Å². The van der Waals surface area contributed by atoms with Crippen LogP contribution in [-0.4, -0.2) is 38.8 Å². The van der Waals surface area contributed by atoms with E-state index in [4.69, 9.17) is 5.73 Å². The number of hydrogen-bond acceptors (Lipinski definition) is 4. The van der Waals surface area contributed by atoms with Gasteiger partial charge in [0.15, 0.2) is 0 Å². The summed E-state index contributed by atoms with van der Waals surface area (Å²) in [5, 5.41) is 2.81. The van der Waals surface area contributed by atoms with Gasteiger partial charge in [-0.25, -0.2) is 12.7 Å². The molecular formula is C16H26ClN3O3S. The Morgan fingerprint density at radius 3 is 2.58 bits per heavy atom. The Morgan fingerprint density at radius 2 is 1.96 bits per heavy atom. The minimum absolute atomic E-state index is 0. The van der Waals surface area contributed by atoms with Gasteiger partial charge in [0.2, 0.25) is 15.9 Å². The van der Waals surface area contributed by atoms with Gasteiger partial charge in [-0.15, -0.1) is 12.4 Å². The highest BCUT2D eigenvalue weighted by Gasteiger charge is 2.28. The summed E-state index contributed by atoms with van der Waals surface area (Å²) < 4.78 is 26.9. The molecule has 0 atom stereocenters. The molecule has 0 unspecified atom stereocenters. The van der Waals surface area contributed by atoms with Crippen molar-refractivity contribution in [3.8, 4) is 0 Å². The third-order valence-electron chi connectivity index (χ3n) is 4.11. The SMILES string of the molecule is CN(CC(C)(C)CN)S(=O)(=O)c1ccc2c(c1)CCCC(=O)N2.Cl. The lowest BCUT2D eigenvalue weighted by Crippen LogP contribution is -2.39. The van der Waals surface area contributed by atoms with Crippen molar-refractivity contribution < 1.29 is 13.2 Å². The average Bonchev–Trinajstić information content (AvgIpc) is 2.66. The molecule has 0 aliphatic carbocycles. The molecule has 1 aliphatic heterocycles. The predicted molar refractivity (Wildman–Crippen MR) is 97.9 cm³/mol. The zero-order valence-corrected chi connectivity index (χ0v) is 16.0. The first-order valence-electron chi connectivity index (χ1n) is 7.75. The van der Waals surface area contributed by atoms with Crippen molar-refractivity contribution in [2.75, 3.05) is 25.5 Å². The summed E-state index contributed by atoms with van der Waals surface area (Å²) in [5.74, 6) is -0.0267. The summed E-state index contributed by atoms with van der Waals surface area (Å²) in [6, 6.07) is 4.89. The van der Waals surface area contributed by atoms with Gasteiger partial charge >= 0.3 is 0 Å². The van der Waals surface area contributed by atoms with Crippen molar-refractivity contribution in [3.63, 3.8) is 0 Å². The van der Waals surface area contributed by atoms with Crippen LogP contribution >= 0.6 is 12.4 Å². The van der Waals surface area contributed by atoms with Gasteiger partial charge in [-0.05, 0) is 48.6 Å². The van der Waals surface area contributed by atoms with E-state index in [9.17, 15) is 13.2 Å². The normalized spacial score (nSPS) is 15.3. The third-order valence-corrected chi connectivity index (χ3v) is 5.91. The van der Waals surface area contributed by atoms with E-state index in [0.29, 0.717) is 31.6 Å². The second-order valence-electron chi connectivity index (χ2n) is 6.85. The number of nitrogens with one attached hydrogen (secondary N) is 1. The van der Waals surface area contributed by atoms with E-state index in [2.05, 4.69) is 5.32 Å². The number of benzene rings is 1. The fraction of sp³-hybridized carbons (Fsp3) is 0.562. The zero-order chi connectivity index (χ0) is 17.3. The van der Waals surface area contributed by atoms with Crippen LogP contribution in [0.25, 0.3) is 0 Å². The monoisotopic (exact) mass is 375 g/mol. The maximum atomic E-state index is 12.8. The molecule has 1 aromatic rings. The number of amides is 1. The van der Waals surface area contributed by atoms with Crippen LogP contribution in [0.5, 0.6) is 0 Å². The Balaban J connectivity index is 0.00000288. The fourth-order valence-electron chi connectivity index (χ4n) is 2.64. The molecule has 1 heterocycles. The fourth-order valence-corrected chi connectivity index (χ4v) is 4.05. The number of aryl methyl sites for hydroxylation is 1. The first kappa shape index (κ1) is 20.9. The predicted octanol–water partition coefficient (Wildman–Crippen LogP) is 1.99. The maximum absolute atomic E-state index is 12.8. The Morgan fingerprint density at radius 1 is 1.29 bits per heavy atom. The number of rotatable bonds is 5. The van der Waals surface area contributed by atoms with Gasteiger partial charge in [0, 0.05) is 25.7 Å². The quantitative estimate of drug-likeness (QED) is 0.823. The van der Waals surface area contributed by atoms with Gasteiger partial charge in [-0.3, -0.25) is 4.79 Å². The van der Waals surface area contributed by atoms with E-state index in [1.807, 2.05) is 13.8 Å². The number of sulfonamides is 1. The van der Waals surface area contributed by atoms with Crippen LogP contribution in [0, 0.1) is 5.41 Å². The summed E-state index contributed by atoms with van der Waals surface area (Å²) in [5.41, 5.74) is 6.98. The van der Waals surface area contributed by atoms with Gasteiger partial charge < -0.3 is 11.1 Å². The highest BCUT2D eigenvalue weighted by molar-refractivity contribution is 7.89. The van der Waals surface area contributed by atoms with E-state index >= 15 is 0 Å². The molecule has 0 bridgehead atoms. The molecule has 1 aromatic carbocycles. The Labute approximate surface area is 150 Å². The number of nitrogens with zero attached hydrogens (tertiary/aromatic N) is 1. The molecule has 3 N–H and O–H groups in total. The first-order chi connectivity index (χ1) is 10.7. The standard InChI is InChI=1S/C16H25N3O3S.ClH/c1-16(2,10-17)11-19(3)23(21,22)13-7-8-14-12(9-13)5-4-6-15(20)18-14;/h7-9H,4-6,10-11,17H2,1-3H3,(H,18,20);1H. The van der Waals surface area contributed by atoms with Gasteiger partial charge in [-0.2, -0.15) is 0 Å². The molecule has 1 amide bonds. The molecule has 0 spiro atoms. The van der Waals surface area contributed by atoms with Crippen LogP contribution in [0.15, 0.2) is 23.1 Å². The first-order valence-corrected chi connectivity index (χ1v) is 9.19. The van der Waals surface area contributed by atoms with Crippen LogP contribution in [0.1, 0.15) is 32.3 Å². The minimum Gasteiger partial charge on any atom is -0.330 e. The number of fused-ring (bicyclic) bond motifs is 1. The second-order valence-corrected chi connectivity index (χ2v) is 8.89. The van der Waals surface area contributed by atoms with Gasteiger partial charge in [0.25, 0.3) is 0 Å². The molecule has 8 heteroatoms. The zero-order valence-electron chi connectivity index (χ0n) is 14.3. The number of carbonyl (C=O) groups is 1. The summed E-state index contributed by atoms with van der Waals surface area (Å²) >= 11 is 0. The van der Waals surface area contributed by atoms with Crippen LogP contribution < -0.4 is 11.1 Å². The summed E-state index contributed by atoms with van der Waals surface area (Å²) in [7, 11) is -2.01. The maximum Gasteiger partial charge on any atom is 0.242 e. The molecule has 0 aromatic heterocycles. The molecule has 0 saturated carbocycles. The van der Waals surface area contributed by atoms with Gasteiger partial charge in [0.1, 0.15) is 0 Å². The molecule has 24 heavy (non-hydrogen) atoms. The molecular weight excluding hydrogens is 350 g/mol.